The van der Waals surface area contributed by atoms with E-state index in [-0.39, 0.29) is 12.2 Å². The molecule has 21 heavy (non-hydrogen) atoms. The van der Waals surface area contributed by atoms with E-state index in [0.29, 0.717) is 17.1 Å². The van der Waals surface area contributed by atoms with Crippen LogP contribution in [0.2, 0.25) is 5.02 Å². The van der Waals surface area contributed by atoms with E-state index >= 15 is 0 Å². The highest BCUT2D eigenvalue weighted by Crippen LogP contribution is 2.24. The van der Waals surface area contributed by atoms with Gasteiger partial charge in [-0.05, 0) is 31.4 Å². The topological polar surface area (TPSA) is 47.8 Å². The van der Waals surface area contributed by atoms with Crippen molar-refractivity contribution in [3.05, 3.63) is 45.7 Å². The third-order valence-corrected chi connectivity index (χ3v) is 4.75. The third kappa shape index (κ3) is 2.59. The van der Waals surface area contributed by atoms with Crippen LogP contribution >= 0.6 is 22.9 Å². The standard InChI is InChI=1S/C15H14ClN3OS/c1-3-19-12(15(16)9(2)18-19)7-13(20)10-6-14-11(17-8-10)4-5-21-14/h4-6,8H,3,7H2,1-2H3. The van der Waals surface area contributed by atoms with E-state index in [2.05, 4.69) is 10.1 Å². The van der Waals surface area contributed by atoms with Crippen LogP contribution in [0.5, 0.6) is 0 Å². The first kappa shape index (κ1) is 14.2. The molecule has 0 saturated heterocycles. The van der Waals surface area contributed by atoms with E-state index in [1.807, 2.05) is 31.4 Å². The van der Waals surface area contributed by atoms with Crippen LogP contribution in [-0.2, 0) is 13.0 Å². The SMILES string of the molecule is CCn1nc(C)c(Cl)c1CC(=O)c1cnc2ccsc2c1. The summed E-state index contributed by atoms with van der Waals surface area (Å²) in [5.41, 5.74) is 3.06. The Bertz CT molecular complexity index is 822. The second-order valence-electron chi connectivity index (χ2n) is 4.79. The van der Waals surface area contributed by atoms with E-state index in [0.717, 1.165) is 21.6 Å². The fourth-order valence-corrected chi connectivity index (χ4v) is 3.27. The normalized spacial score (nSPS) is 11.2. The molecule has 3 rings (SSSR count). The van der Waals surface area contributed by atoms with Gasteiger partial charge in [-0.15, -0.1) is 11.3 Å². The fraction of sp³-hybridized carbons (Fsp3) is 0.267. The monoisotopic (exact) mass is 319 g/mol. The molecule has 0 N–H and O–H groups in total. The molecule has 0 fully saturated rings. The molecule has 3 heterocycles. The van der Waals surface area contributed by atoms with Gasteiger partial charge in [0, 0.05) is 18.3 Å². The molecule has 3 aromatic rings. The Morgan fingerprint density at radius 3 is 3.05 bits per heavy atom. The van der Waals surface area contributed by atoms with Crippen LogP contribution < -0.4 is 0 Å². The third-order valence-electron chi connectivity index (χ3n) is 3.41. The Hall–Kier alpha value is -1.72. The minimum atomic E-state index is 0.00861. The molecule has 0 spiro atoms. The highest BCUT2D eigenvalue weighted by Gasteiger charge is 2.17. The van der Waals surface area contributed by atoms with Gasteiger partial charge in [0.05, 0.1) is 33.0 Å². The smallest absolute Gasteiger partial charge is 0.170 e. The van der Waals surface area contributed by atoms with Crippen LogP contribution in [0.25, 0.3) is 10.2 Å². The molecule has 0 unspecified atom stereocenters. The van der Waals surface area contributed by atoms with Crippen molar-refractivity contribution in [2.75, 3.05) is 0 Å². The lowest BCUT2D eigenvalue weighted by atomic mass is 10.1. The zero-order valence-electron chi connectivity index (χ0n) is 11.8. The first-order valence-electron chi connectivity index (χ1n) is 6.68. The molecule has 0 bridgehead atoms. The molecule has 4 nitrogen and oxygen atoms in total. The highest BCUT2D eigenvalue weighted by atomic mass is 35.5. The van der Waals surface area contributed by atoms with E-state index in [4.69, 9.17) is 11.6 Å². The van der Waals surface area contributed by atoms with Crippen molar-refractivity contribution in [3.8, 4) is 0 Å². The molecule has 0 radical (unpaired) electrons. The maximum absolute atomic E-state index is 12.5. The molecular formula is C15H14ClN3OS. The van der Waals surface area contributed by atoms with Crippen LogP contribution in [0.3, 0.4) is 0 Å². The number of carbonyl (C=O) groups excluding carboxylic acids is 1. The van der Waals surface area contributed by atoms with Crippen molar-refractivity contribution < 1.29 is 4.79 Å². The Balaban J connectivity index is 1.92. The van der Waals surface area contributed by atoms with Gasteiger partial charge >= 0.3 is 0 Å². The van der Waals surface area contributed by atoms with Gasteiger partial charge in [0.1, 0.15) is 0 Å². The number of fused-ring (bicyclic) bond motifs is 1. The summed E-state index contributed by atoms with van der Waals surface area (Å²) in [5, 5.41) is 6.89. The number of carbonyl (C=O) groups is 1. The van der Waals surface area contributed by atoms with Crippen LogP contribution in [-0.4, -0.2) is 20.5 Å². The van der Waals surface area contributed by atoms with Crippen LogP contribution in [0, 0.1) is 6.92 Å². The van der Waals surface area contributed by atoms with Gasteiger partial charge in [0.2, 0.25) is 0 Å². The van der Waals surface area contributed by atoms with Gasteiger partial charge in [0.25, 0.3) is 0 Å². The summed E-state index contributed by atoms with van der Waals surface area (Å²) < 4.78 is 2.80. The van der Waals surface area contributed by atoms with Crippen LogP contribution in [0.1, 0.15) is 28.7 Å². The summed E-state index contributed by atoms with van der Waals surface area (Å²) in [7, 11) is 0. The molecule has 0 saturated carbocycles. The summed E-state index contributed by atoms with van der Waals surface area (Å²) in [6, 6.07) is 3.84. The number of Topliss-reactive ketones (excluding diaryl/α,β-unsaturated/α-hetero) is 1. The molecule has 6 heteroatoms. The number of aromatic nitrogens is 3. The predicted molar refractivity (Wildman–Crippen MR) is 85.3 cm³/mol. The summed E-state index contributed by atoms with van der Waals surface area (Å²) in [6.45, 7) is 4.52. The molecule has 0 aromatic carbocycles. The quantitative estimate of drug-likeness (QED) is 0.685. The Morgan fingerprint density at radius 2 is 2.29 bits per heavy atom. The lowest BCUT2D eigenvalue weighted by molar-refractivity contribution is 0.0990. The molecule has 0 atom stereocenters. The fourth-order valence-electron chi connectivity index (χ4n) is 2.29. The van der Waals surface area contributed by atoms with Crippen molar-refractivity contribution in [1.82, 2.24) is 14.8 Å². The summed E-state index contributed by atoms with van der Waals surface area (Å²) >= 11 is 7.83. The van der Waals surface area contributed by atoms with E-state index in [1.54, 1.807) is 22.2 Å². The predicted octanol–water partition coefficient (Wildman–Crippen LogP) is 3.90. The second-order valence-corrected chi connectivity index (χ2v) is 6.12. The molecule has 0 aliphatic heterocycles. The van der Waals surface area contributed by atoms with E-state index in [9.17, 15) is 4.79 Å². The number of pyridine rings is 1. The number of halogens is 1. The van der Waals surface area contributed by atoms with Gasteiger partial charge in [0.15, 0.2) is 5.78 Å². The number of nitrogens with zero attached hydrogens (tertiary/aromatic N) is 3. The molecule has 0 amide bonds. The highest BCUT2D eigenvalue weighted by molar-refractivity contribution is 7.17. The van der Waals surface area contributed by atoms with Crippen molar-refractivity contribution in [2.24, 2.45) is 0 Å². The number of hydrogen-bond acceptors (Lipinski definition) is 4. The first-order chi connectivity index (χ1) is 10.1. The van der Waals surface area contributed by atoms with E-state index in [1.165, 1.54) is 0 Å². The maximum atomic E-state index is 12.5. The summed E-state index contributed by atoms with van der Waals surface area (Å²) in [6.07, 6.45) is 1.87. The van der Waals surface area contributed by atoms with Gasteiger partial charge in [-0.2, -0.15) is 5.10 Å². The zero-order valence-corrected chi connectivity index (χ0v) is 13.3. The Morgan fingerprint density at radius 1 is 1.48 bits per heavy atom. The van der Waals surface area contributed by atoms with Crippen molar-refractivity contribution in [2.45, 2.75) is 26.8 Å². The minimum absolute atomic E-state index is 0.00861. The maximum Gasteiger partial charge on any atom is 0.170 e. The average molecular weight is 320 g/mol. The van der Waals surface area contributed by atoms with Crippen molar-refractivity contribution >= 4 is 38.9 Å². The van der Waals surface area contributed by atoms with Gasteiger partial charge in [-0.3, -0.25) is 14.5 Å². The molecule has 0 aliphatic rings. The Kier molecular flexibility index (Phi) is 3.78. The zero-order chi connectivity index (χ0) is 15.0. The van der Waals surface area contributed by atoms with E-state index < -0.39 is 0 Å². The van der Waals surface area contributed by atoms with Crippen LogP contribution in [0.15, 0.2) is 23.7 Å². The summed E-state index contributed by atoms with van der Waals surface area (Å²) in [4.78, 5) is 16.8. The molecular weight excluding hydrogens is 306 g/mol. The molecule has 108 valence electrons. The van der Waals surface area contributed by atoms with Gasteiger partial charge in [-0.25, -0.2) is 0 Å². The minimum Gasteiger partial charge on any atom is -0.294 e. The largest absolute Gasteiger partial charge is 0.294 e. The number of rotatable bonds is 4. The number of aryl methyl sites for hydroxylation is 2. The van der Waals surface area contributed by atoms with Crippen molar-refractivity contribution in [1.29, 1.82) is 0 Å². The first-order valence-corrected chi connectivity index (χ1v) is 7.94. The van der Waals surface area contributed by atoms with Gasteiger partial charge < -0.3 is 0 Å². The van der Waals surface area contributed by atoms with Crippen molar-refractivity contribution in [3.63, 3.8) is 0 Å². The lowest BCUT2D eigenvalue weighted by Crippen LogP contribution is -2.10. The lowest BCUT2D eigenvalue weighted by Gasteiger charge is -2.05. The number of hydrogen-bond donors (Lipinski definition) is 0. The Labute approximate surface area is 131 Å². The number of ketones is 1. The average Bonchev–Trinajstić information content (AvgIpc) is 3.05. The summed E-state index contributed by atoms with van der Waals surface area (Å²) in [5.74, 6) is 0.00861. The second kappa shape index (κ2) is 5.58. The molecule has 3 aromatic heterocycles. The number of thiophene rings is 1. The molecule has 0 aliphatic carbocycles. The van der Waals surface area contributed by atoms with Gasteiger partial charge in [-0.1, -0.05) is 11.6 Å². The van der Waals surface area contributed by atoms with Crippen LogP contribution in [0.4, 0.5) is 0 Å².